The van der Waals surface area contributed by atoms with Gasteiger partial charge < -0.3 is 5.32 Å². The van der Waals surface area contributed by atoms with Crippen molar-refractivity contribution in [1.82, 2.24) is 25.1 Å². The summed E-state index contributed by atoms with van der Waals surface area (Å²) in [6.45, 7) is 0. The molecule has 0 fully saturated rings. The molecule has 6 nitrogen and oxygen atoms in total. The summed E-state index contributed by atoms with van der Waals surface area (Å²) in [6.07, 6.45) is 7.73. The van der Waals surface area contributed by atoms with E-state index in [0.29, 0.717) is 11.4 Å². The Kier molecular flexibility index (Phi) is 3.78. The van der Waals surface area contributed by atoms with Crippen LogP contribution >= 0.6 is 0 Å². The van der Waals surface area contributed by atoms with Gasteiger partial charge in [0.2, 0.25) is 0 Å². The lowest BCUT2D eigenvalue weighted by Gasteiger charge is -2.26. The number of carbonyl (C=O) groups excluding carboxylic acids is 1. The van der Waals surface area contributed by atoms with Crippen molar-refractivity contribution in [1.29, 1.82) is 0 Å². The Labute approximate surface area is 139 Å². The second kappa shape index (κ2) is 6.23. The Morgan fingerprint density at radius 1 is 1.25 bits per heavy atom. The van der Waals surface area contributed by atoms with Crippen molar-refractivity contribution in [2.24, 2.45) is 0 Å². The molecule has 24 heavy (non-hydrogen) atoms. The molecule has 0 radical (unpaired) electrons. The molecule has 1 atom stereocenters. The van der Waals surface area contributed by atoms with Gasteiger partial charge in [0.25, 0.3) is 5.91 Å². The van der Waals surface area contributed by atoms with Gasteiger partial charge in [-0.3, -0.25) is 4.79 Å². The molecular formula is C18H17N5O. The van der Waals surface area contributed by atoms with Crippen LogP contribution in [0.1, 0.15) is 40.4 Å². The van der Waals surface area contributed by atoms with Crippen LogP contribution in [0, 0.1) is 0 Å². The van der Waals surface area contributed by atoms with E-state index < -0.39 is 0 Å². The topological polar surface area (TPSA) is 72.7 Å². The van der Waals surface area contributed by atoms with E-state index in [1.807, 2.05) is 6.07 Å². The van der Waals surface area contributed by atoms with Crippen LogP contribution in [0.15, 0.2) is 55.2 Å². The molecule has 0 aliphatic heterocycles. The van der Waals surface area contributed by atoms with Crippen LogP contribution in [-0.4, -0.2) is 25.7 Å². The number of rotatable bonds is 3. The quantitative estimate of drug-likeness (QED) is 0.805. The fourth-order valence-electron chi connectivity index (χ4n) is 3.16. The number of hydrogen-bond acceptors (Lipinski definition) is 4. The highest BCUT2D eigenvalue weighted by atomic mass is 16.1. The van der Waals surface area contributed by atoms with Crippen LogP contribution in [0.2, 0.25) is 0 Å². The first kappa shape index (κ1) is 14.6. The van der Waals surface area contributed by atoms with Crippen LogP contribution < -0.4 is 5.32 Å². The first-order valence-electron chi connectivity index (χ1n) is 8.01. The molecule has 3 aromatic rings. The molecule has 1 aliphatic rings. The third-order valence-corrected chi connectivity index (χ3v) is 4.34. The van der Waals surface area contributed by atoms with Crippen molar-refractivity contribution in [3.63, 3.8) is 0 Å². The van der Waals surface area contributed by atoms with E-state index in [9.17, 15) is 4.79 Å². The lowest BCUT2D eigenvalue weighted by molar-refractivity contribution is 0.0932. The number of hydrogen-bond donors (Lipinski definition) is 1. The lowest BCUT2D eigenvalue weighted by atomic mass is 9.87. The number of nitrogens with one attached hydrogen (secondary N) is 1. The van der Waals surface area contributed by atoms with E-state index in [4.69, 9.17) is 0 Å². The summed E-state index contributed by atoms with van der Waals surface area (Å²) in [5.74, 6) is 0.477. The Morgan fingerprint density at radius 3 is 3.04 bits per heavy atom. The average molecular weight is 319 g/mol. The van der Waals surface area contributed by atoms with E-state index in [0.717, 1.165) is 19.3 Å². The predicted molar refractivity (Wildman–Crippen MR) is 88.7 cm³/mol. The second-order valence-corrected chi connectivity index (χ2v) is 5.86. The van der Waals surface area contributed by atoms with Gasteiger partial charge in [0.05, 0.1) is 6.04 Å². The fraction of sp³-hybridized carbons (Fsp3) is 0.222. The minimum Gasteiger partial charge on any atom is -0.345 e. The third-order valence-electron chi connectivity index (χ3n) is 4.34. The molecule has 0 bridgehead atoms. The number of carbonyl (C=O) groups is 1. The van der Waals surface area contributed by atoms with Crippen molar-refractivity contribution in [2.45, 2.75) is 25.3 Å². The molecule has 0 unspecified atom stereocenters. The highest BCUT2D eigenvalue weighted by molar-refractivity contribution is 5.94. The fourth-order valence-corrected chi connectivity index (χ4v) is 3.16. The number of benzene rings is 1. The van der Waals surface area contributed by atoms with Crippen molar-refractivity contribution >= 4 is 5.91 Å². The summed E-state index contributed by atoms with van der Waals surface area (Å²) >= 11 is 0. The van der Waals surface area contributed by atoms with E-state index in [1.165, 1.54) is 22.1 Å². The highest BCUT2D eigenvalue weighted by Crippen LogP contribution is 2.29. The molecule has 2 heterocycles. The zero-order valence-corrected chi connectivity index (χ0v) is 13.1. The number of aryl methyl sites for hydroxylation is 1. The number of amides is 1. The van der Waals surface area contributed by atoms with Gasteiger partial charge in [-0.25, -0.2) is 14.6 Å². The second-order valence-electron chi connectivity index (χ2n) is 5.86. The molecular weight excluding hydrogens is 302 g/mol. The summed E-state index contributed by atoms with van der Waals surface area (Å²) in [4.78, 5) is 20.8. The minimum absolute atomic E-state index is 0.0606. The van der Waals surface area contributed by atoms with Crippen LogP contribution in [0.5, 0.6) is 0 Å². The van der Waals surface area contributed by atoms with Crippen LogP contribution in [-0.2, 0) is 6.42 Å². The van der Waals surface area contributed by atoms with Crippen LogP contribution in [0.3, 0.4) is 0 Å². The SMILES string of the molecule is O=C(N[C@@H]1CCCc2ccccc21)c1ccnc(-n2cncn2)c1. The maximum atomic E-state index is 12.7. The molecule has 1 aliphatic carbocycles. The normalized spacial score (nSPS) is 16.4. The Balaban J connectivity index is 1.56. The molecule has 2 aromatic heterocycles. The van der Waals surface area contributed by atoms with Gasteiger partial charge in [-0.15, -0.1) is 0 Å². The van der Waals surface area contributed by atoms with Gasteiger partial charge in [0.1, 0.15) is 12.7 Å². The van der Waals surface area contributed by atoms with Crippen LogP contribution in [0.4, 0.5) is 0 Å². The van der Waals surface area contributed by atoms with Gasteiger partial charge in [-0.2, -0.15) is 5.10 Å². The highest BCUT2D eigenvalue weighted by Gasteiger charge is 2.22. The van der Waals surface area contributed by atoms with Crippen molar-refractivity contribution < 1.29 is 4.79 Å². The van der Waals surface area contributed by atoms with E-state index in [-0.39, 0.29) is 11.9 Å². The zero-order valence-electron chi connectivity index (χ0n) is 13.1. The Morgan fingerprint density at radius 2 is 2.17 bits per heavy atom. The van der Waals surface area contributed by atoms with Gasteiger partial charge in [0, 0.05) is 11.8 Å². The summed E-state index contributed by atoms with van der Waals surface area (Å²) in [5.41, 5.74) is 3.12. The summed E-state index contributed by atoms with van der Waals surface area (Å²) in [5, 5.41) is 7.20. The Bertz CT molecular complexity index is 859. The molecule has 6 heteroatoms. The van der Waals surface area contributed by atoms with Crippen molar-refractivity contribution in [3.05, 3.63) is 71.9 Å². The molecule has 120 valence electrons. The number of pyridine rings is 1. The van der Waals surface area contributed by atoms with Gasteiger partial charge in [-0.05, 0) is 42.5 Å². The maximum absolute atomic E-state index is 12.7. The molecule has 1 aromatic carbocycles. The lowest BCUT2D eigenvalue weighted by Crippen LogP contribution is -2.31. The molecule has 1 N–H and O–H groups in total. The molecule has 0 spiro atoms. The van der Waals surface area contributed by atoms with Gasteiger partial charge in [-0.1, -0.05) is 24.3 Å². The first-order valence-corrected chi connectivity index (χ1v) is 8.01. The minimum atomic E-state index is -0.0968. The predicted octanol–water partition coefficient (Wildman–Crippen LogP) is 2.47. The molecule has 1 amide bonds. The number of nitrogens with zero attached hydrogens (tertiary/aromatic N) is 4. The maximum Gasteiger partial charge on any atom is 0.251 e. The summed E-state index contributed by atoms with van der Waals surface area (Å²) < 4.78 is 1.53. The van der Waals surface area contributed by atoms with E-state index in [2.05, 4.69) is 38.6 Å². The molecule has 0 saturated carbocycles. The smallest absolute Gasteiger partial charge is 0.251 e. The summed E-state index contributed by atoms with van der Waals surface area (Å²) in [6, 6.07) is 11.8. The van der Waals surface area contributed by atoms with Crippen molar-refractivity contribution in [3.8, 4) is 5.82 Å². The zero-order chi connectivity index (χ0) is 16.4. The number of fused-ring (bicyclic) bond motifs is 1. The van der Waals surface area contributed by atoms with Gasteiger partial charge in [0.15, 0.2) is 5.82 Å². The summed E-state index contributed by atoms with van der Waals surface area (Å²) in [7, 11) is 0. The third kappa shape index (κ3) is 2.78. The van der Waals surface area contributed by atoms with Crippen molar-refractivity contribution in [2.75, 3.05) is 0 Å². The number of aromatic nitrogens is 4. The van der Waals surface area contributed by atoms with Crippen LogP contribution in [0.25, 0.3) is 5.82 Å². The monoisotopic (exact) mass is 319 g/mol. The van der Waals surface area contributed by atoms with E-state index in [1.54, 1.807) is 24.7 Å². The van der Waals surface area contributed by atoms with Gasteiger partial charge >= 0.3 is 0 Å². The Hall–Kier alpha value is -3.02. The largest absolute Gasteiger partial charge is 0.345 e. The first-order chi connectivity index (χ1) is 11.8. The average Bonchev–Trinajstić information content (AvgIpc) is 3.17. The van der Waals surface area contributed by atoms with E-state index >= 15 is 0 Å². The molecule has 0 saturated heterocycles. The molecule has 4 rings (SSSR count). The standard InChI is InChI=1S/C18H17N5O/c24-18(14-8-9-20-17(10-14)23-12-19-11-21-23)22-16-7-3-5-13-4-1-2-6-15(13)16/h1-2,4,6,8-12,16H,3,5,7H2,(H,22,24)/t16-/m1/s1.